The van der Waals surface area contributed by atoms with E-state index < -0.39 is 5.41 Å². The number of β-lactam (4-membered cyclic amide) rings is 1. The Morgan fingerprint density at radius 2 is 1.60 bits per heavy atom. The van der Waals surface area contributed by atoms with Gasteiger partial charge in [0.1, 0.15) is 0 Å². The van der Waals surface area contributed by atoms with Gasteiger partial charge < -0.3 is 10.0 Å². The van der Waals surface area contributed by atoms with Gasteiger partial charge in [-0.15, -0.1) is 0 Å². The third-order valence-electron chi connectivity index (χ3n) is 5.98. The molecular weight excluding hydrogens is 310 g/mol. The Balaban J connectivity index is 1.63. The molecular formula is C22H25NO2. The summed E-state index contributed by atoms with van der Waals surface area (Å²) in [4.78, 5) is 15.3. The van der Waals surface area contributed by atoms with E-state index in [-0.39, 0.29) is 17.9 Å². The van der Waals surface area contributed by atoms with E-state index in [9.17, 15) is 9.90 Å². The quantitative estimate of drug-likeness (QED) is 0.869. The van der Waals surface area contributed by atoms with Gasteiger partial charge in [-0.3, -0.25) is 4.79 Å². The molecule has 2 aliphatic rings. The fraction of sp³-hybridized carbons (Fsp3) is 0.409. The Kier molecular flexibility index (Phi) is 4.34. The van der Waals surface area contributed by atoms with Gasteiger partial charge >= 0.3 is 0 Å². The summed E-state index contributed by atoms with van der Waals surface area (Å²) in [5.74, 6) is 0.205. The van der Waals surface area contributed by atoms with Crippen LogP contribution >= 0.6 is 0 Å². The predicted octanol–water partition coefficient (Wildman–Crippen LogP) is 3.52. The van der Waals surface area contributed by atoms with Gasteiger partial charge in [-0.2, -0.15) is 0 Å². The van der Waals surface area contributed by atoms with Crippen molar-refractivity contribution in [3.05, 3.63) is 71.8 Å². The number of aliphatic hydroxyl groups excluding tert-OH is 1. The molecule has 130 valence electrons. The molecule has 0 aromatic heterocycles. The standard InChI is InChI=1S/C22H25NO2/c24-20-14-8-7-13-19(20)22(18-11-5-2-6-12-18)16-23(21(22)25)15-17-9-3-1-4-10-17/h1-6,9-12,19-20,24H,7-8,13-16H2. The lowest BCUT2D eigenvalue weighted by Gasteiger charge is -2.55. The number of rotatable bonds is 4. The second kappa shape index (κ2) is 6.64. The van der Waals surface area contributed by atoms with E-state index in [0.29, 0.717) is 13.1 Å². The second-order valence-electron chi connectivity index (χ2n) is 7.44. The fourth-order valence-corrected chi connectivity index (χ4v) is 4.69. The van der Waals surface area contributed by atoms with E-state index in [0.717, 1.165) is 36.8 Å². The molecule has 2 fully saturated rings. The van der Waals surface area contributed by atoms with Crippen molar-refractivity contribution in [2.45, 2.75) is 43.7 Å². The summed E-state index contributed by atoms with van der Waals surface area (Å²) in [5, 5.41) is 10.7. The minimum atomic E-state index is -0.546. The fourth-order valence-electron chi connectivity index (χ4n) is 4.69. The van der Waals surface area contributed by atoms with E-state index in [1.807, 2.05) is 41.3 Å². The van der Waals surface area contributed by atoms with Crippen molar-refractivity contribution in [3.8, 4) is 0 Å². The van der Waals surface area contributed by atoms with Gasteiger partial charge in [0.2, 0.25) is 5.91 Å². The summed E-state index contributed by atoms with van der Waals surface area (Å²) in [7, 11) is 0. The largest absolute Gasteiger partial charge is 0.393 e. The summed E-state index contributed by atoms with van der Waals surface area (Å²) >= 11 is 0. The first kappa shape index (κ1) is 16.3. The highest BCUT2D eigenvalue weighted by atomic mass is 16.3. The number of hydrogen-bond acceptors (Lipinski definition) is 2. The van der Waals surface area contributed by atoms with Crippen molar-refractivity contribution in [1.82, 2.24) is 4.90 Å². The molecule has 3 heteroatoms. The summed E-state index contributed by atoms with van der Waals surface area (Å²) in [5.41, 5.74) is 1.67. The SMILES string of the molecule is O=C1N(Cc2ccccc2)CC1(c1ccccc1)C1CCCCC1O. The average Bonchev–Trinajstić information content (AvgIpc) is 2.67. The molecule has 4 rings (SSSR count). The lowest BCUT2D eigenvalue weighted by Crippen LogP contribution is -2.69. The molecule has 1 saturated heterocycles. The van der Waals surface area contributed by atoms with Gasteiger partial charge in [-0.25, -0.2) is 0 Å². The zero-order valence-electron chi connectivity index (χ0n) is 14.5. The van der Waals surface area contributed by atoms with Crippen molar-refractivity contribution < 1.29 is 9.90 Å². The number of nitrogens with zero attached hydrogens (tertiary/aromatic N) is 1. The third kappa shape index (κ3) is 2.77. The van der Waals surface area contributed by atoms with Crippen molar-refractivity contribution in [2.24, 2.45) is 5.92 Å². The number of likely N-dealkylation sites (tertiary alicyclic amines) is 1. The first-order valence-electron chi connectivity index (χ1n) is 9.29. The normalized spacial score (nSPS) is 29.3. The van der Waals surface area contributed by atoms with Crippen molar-refractivity contribution in [3.63, 3.8) is 0 Å². The smallest absolute Gasteiger partial charge is 0.235 e. The molecule has 3 atom stereocenters. The molecule has 1 saturated carbocycles. The first-order valence-corrected chi connectivity index (χ1v) is 9.29. The molecule has 0 spiro atoms. The Bertz CT molecular complexity index is 730. The van der Waals surface area contributed by atoms with E-state index in [1.54, 1.807) is 0 Å². The Morgan fingerprint density at radius 3 is 2.24 bits per heavy atom. The molecule has 2 aromatic carbocycles. The van der Waals surface area contributed by atoms with Crippen LogP contribution in [0.25, 0.3) is 0 Å². The van der Waals surface area contributed by atoms with Crippen molar-refractivity contribution in [2.75, 3.05) is 6.54 Å². The van der Waals surface area contributed by atoms with Crippen LogP contribution in [0.4, 0.5) is 0 Å². The van der Waals surface area contributed by atoms with Gasteiger partial charge in [0.25, 0.3) is 0 Å². The maximum atomic E-state index is 13.3. The van der Waals surface area contributed by atoms with Gasteiger partial charge in [0, 0.05) is 19.0 Å². The number of amides is 1. The molecule has 1 heterocycles. The van der Waals surface area contributed by atoms with Crippen LogP contribution in [0.2, 0.25) is 0 Å². The number of carbonyl (C=O) groups is 1. The molecule has 1 amide bonds. The minimum Gasteiger partial charge on any atom is -0.393 e. The topological polar surface area (TPSA) is 40.5 Å². The van der Waals surface area contributed by atoms with Gasteiger partial charge in [0.05, 0.1) is 11.5 Å². The summed E-state index contributed by atoms with van der Waals surface area (Å²) in [6.07, 6.45) is 3.52. The van der Waals surface area contributed by atoms with Crippen LogP contribution in [0.1, 0.15) is 36.8 Å². The monoisotopic (exact) mass is 335 g/mol. The van der Waals surface area contributed by atoms with Crippen LogP contribution in [-0.2, 0) is 16.8 Å². The highest BCUT2D eigenvalue weighted by Crippen LogP contribution is 2.48. The van der Waals surface area contributed by atoms with Gasteiger partial charge in [0.15, 0.2) is 0 Å². The van der Waals surface area contributed by atoms with Crippen LogP contribution in [0.3, 0.4) is 0 Å². The number of carbonyl (C=O) groups excluding carboxylic acids is 1. The molecule has 25 heavy (non-hydrogen) atoms. The number of benzene rings is 2. The maximum absolute atomic E-state index is 13.3. The molecule has 3 nitrogen and oxygen atoms in total. The highest BCUT2D eigenvalue weighted by molar-refractivity contribution is 5.95. The lowest BCUT2D eigenvalue weighted by molar-refractivity contribution is -0.162. The lowest BCUT2D eigenvalue weighted by atomic mass is 9.59. The van der Waals surface area contributed by atoms with E-state index >= 15 is 0 Å². The zero-order chi connectivity index (χ0) is 17.3. The van der Waals surface area contributed by atoms with Gasteiger partial charge in [-0.1, -0.05) is 73.5 Å². The Hall–Kier alpha value is -2.13. The van der Waals surface area contributed by atoms with Crippen molar-refractivity contribution in [1.29, 1.82) is 0 Å². The first-order chi connectivity index (χ1) is 12.2. The molecule has 0 bridgehead atoms. The van der Waals surface area contributed by atoms with Crippen LogP contribution < -0.4 is 0 Å². The molecule has 2 aromatic rings. The maximum Gasteiger partial charge on any atom is 0.235 e. The summed E-state index contributed by atoms with van der Waals surface area (Å²) < 4.78 is 0. The third-order valence-corrected chi connectivity index (χ3v) is 5.98. The highest BCUT2D eigenvalue weighted by Gasteiger charge is 2.59. The Labute approximate surface area is 149 Å². The molecule has 1 aliphatic carbocycles. The number of hydrogen-bond donors (Lipinski definition) is 1. The predicted molar refractivity (Wildman–Crippen MR) is 97.9 cm³/mol. The van der Waals surface area contributed by atoms with Crippen LogP contribution in [-0.4, -0.2) is 28.6 Å². The van der Waals surface area contributed by atoms with E-state index in [2.05, 4.69) is 24.3 Å². The molecule has 3 unspecified atom stereocenters. The van der Waals surface area contributed by atoms with Crippen LogP contribution in [0.15, 0.2) is 60.7 Å². The Morgan fingerprint density at radius 1 is 0.960 bits per heavy atom. The number of aliphatic hydroxyl groups is 1. The second-order valence-corrected chi connectivity index (χ2v) is 7.44. The van der Waals surface area contributed by atoms with E-state index in [4.69, 9.17) is 0 Å². The summed E-state index contributed by atoms with van der Waals surface area (Å²) in [6.45, 7) is 1.35. The van der Waals surface area contributed by atoms with Gasteiger partial charge in [-0.05, 0) is 24.0 Å². The van der Waals surface area contributed by atoms with Crippen molar-refractivity contribution >= 4 is 5.91 Å². The van der Waals surface area contributed by atoms with Crippen LogP contribution in [0.5, 0.6) is 0 Å². The molecule has 1 aliphatic heterocycles. The molecule has 1 N–H and O–H groups in total. The van der Waals surface area contributed by atoms with E-state index in [1.165, 1.54) is 0 Å². The molecule has 0 radical (unpaired) electrons. The summed E-state index contributed by atoms with van der Waals surface area (Å²) in [6, 6.07) is 20.2. The average molecular weight is 335 g/mol. The minimum absolute atomic E-state index is 0.0307. The van der Waals surface area contributed by atoms with Crippen LogP contribution in [0, 0.1) is 5.92 Å². The zero-order valence-corrected chi connectivity index (χ0v) is 14.5.